The van der Waals surface area contributed by atoms with Crippen molar-refractivity contribution in [2.45, 2.75) is 16.8 Å². The molecule has 0 atom stereocenters. The van der Waals surface area contributed by atoms with Crippen molar-refractivity contribution in [3.05, 3.63) is 36.4 Å². The van der Waals surface area contributed by atoms with Crippen molar-refractivity contribution in [3.8, 4) is 0 Å². The van der Waals surface area contributed by atoms with Crippen molar-refractivity contribution in [3.63, 3.8) is 0 Å². The molecule has 0 aliphatic heterocycles. The molecule has 0 radical (unpaired) electrons. The summed E-state index contributed by atoms with van der Waals surface area (Å²) in [5.41, 5.74) is 6.61. The molecule has 2 heterocycles. The van der Waals surface area contributed by atoms with Crippen LogP contribution in [0.3, 0.4) is 0 Å². The Bertz CT molecular complexity index is 458. The van der Waals surface area contributed by atoms with Gasteiger partial charge in [0.1, 0.15) is 17.2 Å². The van der Waals surface area contributed by atoms with Gasteiger partial charge >= 0.3 is 0 Å². The Morgan fingerprint density at radius 2 is 1.93 bits per heavy atom. The van der Waals surface area contributed by atoms with E-state index in [-0.39, 0.29) is 0 Å². The first-order chi connectivity index (χ1) is 7.27. The lowest BCUT2D eigenvalue weighted by atomic mass is 10.3. The summed E-state index contributed by atoms with van der Waals surface area (Å²) in [5, 5.41) is 0.883. The Labute approximate surface area is 92.0 Å². The number of pyridine rings is 1. The third-order valence-electron chi connectivity index (χ3n) is 1.94. The quantitative estimate of drug-likeness (QED) is 0.780. The summed E-state index contributed by atoms with van der Waals surface area (Å²) >= 11 is 1.56. The molecule has 0 saturated carbocycles. The van der Waals surface area contributed by atoms with Crippen LogP contribution >= 0.6 is 11.8 Å². The molecule has 2 N–H and O–H groups in total. The average Bonchev–Trinajstić information content (AvgIpc) is 2.26. The molecule has 0 unspecified atom stereocenters. The standard InChI is InChI=1S/C10H10N4S/c1-7-9(11)13-6-14-10(7)15-8-2-4-12-5-3-8/h2-6H,1H3,(H2,11,13,14). The van der Waals surface area contributed by atoms with Crippen LogP contribution < -0.4 is 5.73 Å². The van der Waals surface area contributed by atoms with Crippen molar-refractivity contribution in [2.24, 2.45) is 0 Å². The number of nitrogens with two attached hydrogens (primary N) is 1. The Balaban J connectivity index is 2.29. The fourth-order valence-electron chi connectivity index (χ4n) is 1.07. The largest absolute Gasteiger partial charge is 0.383 e. The molecule has 2 aromatic rings. The Kier molecular flexibility index (Phi) is 2.82. The number of nitrogens with zero attached hydrogens (tertiary/aromatic N) is 3. The zero-order chi connectivity index (χ0) is 10.7. The lowest BCUT2D eigenvalue weighted by Crippen LogP contribution is -1.97. The highest BCUT2D eigenvalue weighted by atomic mass is 32.2. The first-order valence-electron chi connectivity index (χ1n) is 4.42. The summed E-state index contributed by atoms with van der Waals surface area (Å²) in [6.07, 6.45) is 4.98. The smallest absolute Gasteiger partial charge is 0.130 e. The maximum atomic E-state index is 5.70. The van der Waals surface area contributed by atoms with Gasteiger partial charge in [0.25, 0.3) is 0 Å². The summed E-state index contributed by atoms with van der Waals surface area (Å²) in [6.45, 7) is 1.92. The fourth-order valence-corrected chi connectivity index (χ4v) is 1.91. The number of aromatic nitrogens is 3. The lowest BCUT2D eigenvalue weighted by Gasteiger charge is -2.04. The van der Waals surface area contributed by atoms with Gasteiger partial charge in [-0.15, -0.1) is 0 Å². The maximum absolute atomic E-state index is 5.70. The topological polar surface area (TPSA) is 64.7 Å². The van der Waals surface area contributed by atoms with E-state index >= 15 is 0 Å². The van der Waals surface area contributed by atoms with Gasteiger partial charge in [0.05, 0.1) is 0 Å². The maximum Gasteiger partial charge on any atom is 0.130 e. The van der Waals surface area contributed by atoms with E-state index < -0.39 is 0 Å². The second-order valence-corrected chi connectivity index (χ2v) is 4.04. The molecule has 0 aliphatic rings. The molecule has 2 aromatic heterocycles. The van der Waals surface area contributed by atoms with Crippen LogP contribution in [0.5, 0.6) is 0 Å². The van der Waals surface area contributed by atoms with Crippen LogP contribution in [0.4, 0.5) is 5.82 Å². The van der Waals surface area contributed by atoms with Crippen LogP contribution in [0.2, 0.25) is 0 Å². The average molecular weight is 218 g/mol. The molecule has 15 heavy (non-hydrogen) atoms. The molecule has 0 aliphatic carbocycles. The SMILES string of the molecule is Cc1c(N)ncnc1Sc1ccncc1. The normalized spacial score (nSPS) is 10.2. The first kappa shape index (κ1) is 9.92. The van der Waals surface area contributed by atoms with E-state index in [0.717, 1.165) is 15.5 Å². The summed E-state index contributed by atoms with van der Waals surface area (Å²) in [6, 6.07) is 3.87. The van der Waals surface area contributed by atoms with E-state index in [0.29, 0.717) is 5.82 Å². The van der Waals surface area contributed by atoms with Gasteiger partial charge in [-0.3, -0.25) is 4.98 Å². The van der Waals surface area contributed by atoms with Crippen molar-refractivity contribution < 1.29 is 0 Å². The molecular weight excluding hydrogens is 208 g/mol. The summed E-state index contributed by atoms with van der Waals surface area (Å²) in [7, 11) is 0. The van der Waals surface area contributed by atoms with Crippen molar-refractivity contribution >= 4 is 17.6 Å². The van der Waals surface area contributed by atoms with E-state index in [1.54, 1.807) is 24.2 Å². The van der Waals surface area contributed by atoms with E-state index in [1.165, 1.54) is 6.33 Å². The van der Waals surface area contributed by atoms with E-state index in [4.69, 9.17) is 5.73 Å². The summed E-state index contributed by atoms with van der Waals surface area (Å²) in [4.78, 5) is 13.2. The number of rotatable bonds is 2. The predicted octanol–water partition coefficient (Wildman–Crippen LogP) is 1.91. The monoisotopic (exact) mass is 218 g/mol. The van der Waals surface area contributed by atoms with Gasteiger partial charge in [0, 0.05) is 22.9 Å². The molecule has 0 aromatic carbocycles. The zero-order valence-corrected chi connectivity index (χ0v) is 9.03. The molecular formula is C10H10N4S. The number of nitrogen functional groups attached to an aromatic ring is 1. The molecule has 2 rings (SSSR count). The Hall–Kier alpha value is -1.62. The zero-order valence-electron chi connectivity index (χ0n) is 8.21. The molecule has 0 fully saturated rings. The molecule has 0 saturated heterocycles. The highest BCUT2D eigenvalue weighted by Gasteiger charge is 2.05. The van der Waals surface area contributed by atoms with Gasteiger partial charge in [0.15, 0.2) is 0 Å². The van der Waals surface area contributed by atoms with Crippen LogP contribution in [0.1, 0.15) is 5.56 Å². The third kappa shape index (κ3) is 2.24. The van der Waals surface area contributed by atoms with Crippen LogP contribution in [-0.4, -0.2) is 15.0 Å². The van der Waals surface area contributed by atoms with Crippen LogP contribution in [0.15, 0.2) is 40.8 Å². The van der Waals surface area contributed by atoms with Crippen LogP contribution in [0.25, 0.3) is 0 Å². The summed E-state index contributed by atoms with van der Waals surface area (Å²) in [5.74, 6) is 0.529. The highest BCUT2D eigenvalue weighted by molar-refractivity contribution is 7.99. The van der Waals surface area contributed by atoms with Gasteiger partial charge in [0.2, 0.25) is 0 Å². The van der Waals surface area contributed by atoms with Crippen LogP contribution in [0, 0.1) is 6.92 Å². The van der Waals surface area contributed by atoms with E-state index in [1.807, 2.05) is 19.1 Å². The number of anilines is 1. The summed E-state index contributed by atoms with van der Waals surface area (Å²) < 4.78 is 0. The number of hydrogen-bond donors (Lipinski definition) is 1. The highest BCUT2D eigenvalue weighted by Crippen LogP contribution is 2.28. The van der Waals surface area contributed by atoms with Crippen molar-refractivity contribution in [1.29, 1.82) is 0 Å². The van der Waals surface area contributed by atoms with Gasteiger partial charge in [-0.2, -0.15) is 0 Å². The molecule has 76 valence electrons. The molecule has 0 amide bonds. The van der Waals surface area contributed by atoms with Crippen LogP contribution in [-0.2, 0) is 0 Å². The predicted molar refractivity (Wildman–Crippen MR) is 59.5 cm³/mol. The van der Waals surface area contributed by atoms with E-state index in [9.17, 15) is 0 Å². The van der Waals surface area contributed by atoms with Gasteiger partial charge < -0.3 is 5.73 Å². The van der Waals surface area contributed by atoms with E-state index in [2.05, 4.69) is 15.0 Å². The van der Waals surface area contributed by atoms with Crippen molar-refractivity contribution in [2.75, 3.05) is 5.73 Å². The lowest BCUT2D eigenvalue weighted by molar-refractivity contribution is 1.01. The molecule has 5 heteroatoms. The van der Waals surface area contributed by atoms with Gasteiger partial charge in [-0.1, -0.05) is 11.8 Å². The van der Waals surface area contributed by atoms with Gasteiger partial charge in [-0.05, 0) is 19.1 Å². The molecule has 4 nitrogen and oxygen atoms in total. The first-order valence-corrected chi connectivity index (χ1v) is 5.24. The Morgan fingerprint density at radius 1 is 1.20 bits per heavy atom. The minimum absolute atomic E-state index is 0.529. The third-order valence-corrected chi connectivity index (χ3v) is 3.05. The minimum Gasteiger partial charge on any atom is -0.383 e. The minimum atomic E-state index is 0.529. The van der Waals surface area contributed by atoms with Crippen molar-refractivity contribution in [1.82, 2.24) is 15.0 Å². The second kappa shape index (κ2) is 4.27. The fraction of sp³-hybridized carbons (Fsp3) is 0.100. The molecule has 0 bridgehead atoms. The van der Waals surface area contributed by atoms with Gasteiger partial charge in [-0.25, -0.2) is 9.97 Å². The Morgan fingerprint density at radius 3 is 2.67 bits per heavy atom. The number of hydrogen-bond acceptors (Lipinski definition) is 5. The second-order valence-electron chi connectivity index (χ2n) is 2.97. The molecule has 0 spiro atoms.